The Kier molecular flexibility index (Phi) is 7.46. The summed E-state index contributed by atoms with van der Waals surface area (Å²) in [5.41, 5.74) is 0. The molecule has 0 aliphatic carbocycles. The Morgan fingerprint density at radius 2 is 1.23 bits per heavy atom. The summed E-state index contributed by atoms with van der Waals surface area (Å²) in [4.78, 5) is 26.1. The van der Waals surface area contributed by atoms with Gasteiger partial charge in [-0.3, -0.25) is 9.59 Å². The molecular weight excluding hydrogens is 473 g/mol. The first-order chi connectivity index (χ1) is 15.1. The van der Waals surface area contributed by atoms with Gasteiger partial charge in [-0.15, -0.1) is 43.1 Å². The molecule has 0 fully saturated rings. The molecule has 4 heterocycles. The minimum atomic E-state index is -0.0901. The lowest BCUT2D eigenvalue weighted by molar-refractivity contribution is -0.116. The van der Waals surface area contributed by atoms with Gasteiger partial charge in [0.15, 0.2) is 0 Å². The van der Waals surface area contributed by atoms with Crippen molar-refractivity contribution in [3.05, 3.63) is 54.8 Å². The molecule has 0 radical (unpaired) electrons. The Labute approximate surface area is 194 Å². The van der Waals surface area contributed by atoms with Crippen molar-refractivity contribution in [1.82, 2.24) is 20.4 Å². The van der Waals surface area contributed by atoms with Crippen LogP contribution in [0, 0.1) is 0 Å². The average Bonchev–Trinajstić information content (AvgIpc) is 3.51. The maximum Gasteiger partial charge on any atom is 0.231 e. The molecule has 0 saturated carbocycles. The maximum atomic E-state index is 12.0. The number of carbonyl (C=O) groups is 2. The van der Waals surface area contributed by atoms with E-state index in [1.54, 1.807) is 22.7 Å². The predicted molar refractivity (Wildman–Crippen MR) is 125 cm³/mol. The highest BCUT2D eigenvalue weighted by atomic mass is 32.1. The molecule has 160 valence electrons. The molecule has 2 N–H and O–H groups in total. The van der Waals surface area contributed by atoms with E-state index in [4.69, 9.17) is 0 Å². The van der Waals surface area contributed by atoms with Crippen LogP contribution >= 0.6 is 45.3 Å². The molecule has 31 heavy (non-hydrogen) atoms. The maximum absolute atomic E-state index is 12.0. The number of nitrogens with one attached hydrogen (secondary N) is 2. The van der Waals surface area contributed by atoms with Crippen LogP contribution in [0.4, 0.5) is 10.3 Å². The van der Waals surface area contributed by atoms with Gasteiger partial charge in [-0.25, -0.2) is 0 Å². The number of aromatic nitrogens is 4. The third-order valence-corrected chi connectivity index (χ3v) is 7.59. The Morgan fingerprint density at radius 3 is 1.65 bits per heavy atom. The van der Waals surface area contributed by atoms with Crippen molar-refractivity contribution >= 4 is 67.4 Å². The number of carbonyl (C=O) groups excluding carboxylic acids is 2. The lowest BCUT2D eigenvalue weighted by Crippen LogP contribution is -2.13. The quantitative estimate of drug-likeness (QED) is 0.347. The highest BCUT2D eigenvalue weighted by Crippen LogP contribution is 2.21. The average molecular weight is 491 g/mol. The fourth-order valence-corrected chi connectivity index (χ4v) is 5.67. The minimum absolute atomic E-state index is 0.0901. The van der Waals surface area contributed by atoms with E-state index in [-0.39, 0.29) is 11.8 Å². The zero-order chi connectivity index (χ0) is 21.5. The van der Waals surface area contributed by atoms with Crippen LogP contribution in [0.3, 0.4) is 0 Å². The van der Waals surface area contributed by atoms with Crippen molar-refractivity contribution in [1.29, 1.82) is 0 Å². The van der Waals surface area contributed by atoms with Crippen LogP contribution in [0.5, 0.6) is 0 Å². The lowest BCUT2D eigenvalue weighted by atomic mass is 10.2. The van der Waals surface area contributed by atoms with Crippen LogP contribution in [0.15, 0.2) is 35.0 Å². The second kappa shape index (κ2) is 10.7. The van der Waals surface area contributed by atoms with Crippen LogP contribution in [0.2, 0.25) is 0 Å². The number of thiophene rings is 2. The first-order valence-corrected chi connectivity index (χ1v) is 12.8. The number of nitrogens with zero attached hydrogens (tertiary/aromatic N) is 4. The van der Waals surface area contributed by atoms with Crippen molar-refractivity contribution in [2.45, 2.75) is 32.1 Å². The third-order valence-electron chi connectivity index (χ3n) is 4.04. The van der Waals surface area contributed by atoms with Crippen molar-refractivity contribution in [3.8, 4) is 0 Å². The van der Waals surface area contributed by atoms with Gasteiger partial charge in [0, 0.05) is 22.6 Å². The number of hydrogen-bond donors (Lipinski definition) is 2. The van der Waals surface area contributed by atoms with Crippen LogP contribution in [0.1, 0.15) is 26.2 Å². The summed E-state index contributed by atoms with van der Waals surface area (Å²) >= 11 is 5.88. The molecule has 0 bridgehead atoms. The van der Waals surface area contributed by atoms with Gasteiger partial charge in [0.2, 0.25) is 22.1 Å². The molecule has 8 nitrogen and oxygen atoms in total. The molecule has 0 aliphatic rings. The van der Waals surface area contributed by atoms with E-state index in [9.17, 15) is 9.59 Å². The second-order valence-electron chi connectivity index (χ2n) is 6.46. The number of anilines is 2. The number of amides is 2. The summed E-state index contributed by atoms with van der Waals surface area (Å²) in [7, 11) is 0. The summed E-state index contributed by atoms with van der Waals surface area (Å²) < 4.78 is 0. The number of hydrogen-bond acceptors (Lipinski definition) is 10. The number of rotatable bonds is 10. The molecule has 4 aromatic heterocycles. The fourth-order valence-electron chi connectivity index (χ4n) is 2.67. The first kappa shape index (κ1) is 21.7. The molecule has 0 atom stereocenters. The Morgan fingerprint density at radius 1 is 0.742 bits per heavy atom. The molecule has 0 unspecified atom stereocenters. The molecule has 4 aromatic rings. The van der Waals surface area contributed by atoms with Crippen molar-refractivity contribution in [2.75, 3.05) is 10.6 Å². The van der Waals surface area contributed by atoms with E-state index in [0.717, 1.165) is 39.0 Å². The summed E-state index contributed by atoms with van der Waals surface area (Å²) in [6.07, 6.45) is 2.98. The number of aryl methyl sites for hydroxylation is 2. The van der Waals surface area contributed by atoms with E-state index < -0.39 is 0 Å². The van der Waals surface area contributed by atoms with Crippen LogP contribution < -0.4 is 10.6 Å². The molecule has 2 amide bonds. The SMILES string of the molecule is O=C(Cc1cccs1)Nc1nnc(CCCc2nnc(NC(=O)Cc3cccs3)s2)s1. The zero-order valence-electron chi connectivity index (χ0n) is 16.2. The van der Waals surface area contributed by atoms with Gasteiger partial charge in [0.25, 0.3) is 0 Å². The van der Waals surface area contributed by atoms with Gasteiger partial charge >= 0.3 is 0 Å². The monoisotopic (exact) mass is 490 g/mol. The highest BCUT2D eigenvalue weighted by molar-refractivity contribution is 7.15. The molecular formula is C19H18N6O2S4. The standard InChI is InChI=1S/C19H18N6O2S4/c26-14(10-12-4-2-8-28-12)20-18-24-22-16(30-18)6-1-7-17-23-25-19(31-17)21-15(27)11-13-5-3-9-29-13/h2-5,8-9H,1,6-7,10-11H2,(H,20,24,26)(H,21,25,27). The van der Waals surface area contributed by atoms with Gasteiger partial charge in [-0.1, -0.05) is 34.8 Å². The fraction of sp³-hybridized carbons (Fsp3) is 0.263. The van der Waals surface area contributed by atoms with Gasteiger partial charge < -0.3 is 10.6 Å². The first-order valence-electron chi connectivity index (χ1n) is 9.43. The van der Waals surface area contributed by atoms with E-state index in [2.05, 4.69) is 31.0 Å². The molecule has 12 heteroatoms. The summed E-state index contributed by atoms with van der Waals surface area (Å²) in [5, 5.41) is 28.6. The van der Waals surface area contributed by atoms with Crippen LogP contribution in [-0.4, -0.2) is 32.2 Å². The van der Waals surface area contributed by atoms with E-state index in [0.29, 0.717) is 23.1 Å². The summed E-state index contributed by atoms with van der Waals surface area (Å²) in [6.45, 7) is 0. The zero-order valence-corrected chi connectivity index (χ0v) is 19.5. The third kappa shape index (κ3) is 6.72. The molecule has 0 aliphatic heterocycles. The molecule has 0 saturated heterocycles. The van der Waals surface area contributed by atoms with Gasteiger partial charge in [-0.2, -0.15) is 0 Å². The van der Waals surface area contributed by atoms with Gasteiger partial charge in [0.1, 0.15) is 10.0 Å². The normalized spacial score (nSPS) is 10.8. The van der Waals surface area contributed by atoms with Crippen molar-refractivity contribution < 1.29 is 9.59 Å². The second-order valence-corrected chi connectivity index (χ2v) is 10.7. The van der Waals surface area contributed by atoms with E-state index in [1.807, 2.05) is 35.0 Å². The Balaban J connectivity index is 1.18. The summed E-state index contributed by atoms with van der Waals surface area (Å²) in [5.74, 6) is -0.180. The van der Waals surface area contributed by atoms with Crippen LogP contribution in [-0.2, 0) is 35.3 Å². The van der Waals surface area contributed by atoms with Crippen molar-refractivity contribution in [2.24, 2.45) is 0 Å². The predicted octanol–water partition coefficient (Wildman–Crippen LogP) is 4.05. The topological polar surface area (TPSA) is 110 Å². The lowest BCUT2D eigenvalue weighted by Gasteiger charge is -1.98. The van der Waals surface area contributed by atoms with E-state index in [1.165, 1.54) is 22.7 Å². The Hall–Kier alpha value is -2.54. The van der Waals surface area contributed by atoms with Crippen molar-refractivity contribution in [3.63, 3.8) is 0 Å². The molecule has 4 rings (SSSR count). The molecule has 0 aromatic carbocycles. The van der Waals surface area contributed by atoms with Crippen LogP contribution in [0.25, 0.3) is 0 Å². The van der Waals surface area contributed by atoms with Gasteiger partial charge in [0.05, 0.1) is 12.8 Å². The molecule has 0 spiro atoms. The largest absolute Gasteiger partial charge is 0.300 e. The summed E-state index contributed by atoms with van der Waals surface area (Å²) in [6, 6.07) is 7.72. The van der Waals surface area contributed by atoms with Gasteiger partial charge in [-0.05, 0) is 29.3 Å². The minimum Gasteiger partial charge on any atom is -0.300 e. The smallest absolute Gasteiger partial charge is 0.231 e. The highest BCUT2D eigenvalue weighted by Gasteiger charge is 2.12. The Bertz CT molecular complexity index is 1030. The van der Waals surface area contributed by atoms with E-state index >= 15 is 0 Å².